The van der Waals surface area contributed by atoms with Crippen LogP contribution < -0.4 is 19.9 Å². The number of halogens is 6. The number of nitrogens with one attached hydrogen (secondary N) is 1. The van der Waals surface area contributed by atoms with E-state index < -0.39 is 62.5 Å². The van der Waals surface area contributed by atoms with Gasteiger partial charge in [-0.1, -0.05) is 55.5 Å². The number of methoxy groups -OCH3 is 1. The molecule has 0 saturated heterocycles. The normalized spacial score (nSPS) is 11.9. The Bertz CT molecular complexity index is 1820. The van der Waals surface area contributed by atoms with Crippen molar-refractivity contribution in [1.29, 1.82) is 0 Å². The highest BCUT2D eigenvalue weighted by molar-refractivity contribution is 7.92. The van der Waals surface area contributed by atoms with Crippen LogP contribution in [0.2, 0.25) is 10.0 Å². The maximum absolute atomic E-state index is 13.7. The lowest BCUT2D eigenvalue weighted by molar-refractivity contribution is -0.151. The first-order valence-corrected chi connectivity index (χ1v) is 16.0. The predicted octanol–water partition coefficient (Wildman–Crippen LogP) is 5.74. The molecule has 1 unspecified atom stereocenters. The topological polar surface area (TPSA) is 173 Å². The first kappa shape index (κ1) is 37.3. The maximum atomic E-state index is 13.7. The van der Waals surface area contributed by atoms with Gasteiger partial charge in [0.2, 0.25) is 11.8 Å². The van der Waals surface area contributed by atoms with Gasteiger partial charge in [-0.2, -0.15) is 27.3 Å². The minimum Gasteiger partial charge on any atom is -0.467 e. The van der Waals surface area contributed by atoms with Gasteiger partial charge in [-0.05, 0) is 31.9 Å². The summed E-state index contributed by atoms with van der Waals surface area (Å²) in [6, 6.07) is 2.57. The molecule has 0 aliphatic carbocycles. The number of aromatic nitrogens is 5. The van der Waals surface area contributed by atoms with Crippen LogP contribution in [0.5, 0.6) is 11.9 Å². The van der Waals surface area contributed by atoms with Gasteiger partial charge in [-0.15, -0.1) is 5.10 Å². The van der Waals surface area contributed by atoms with E-state index in [0.717, 1.165) is 56.5 Å². The predicted molar refractivity (Wildman–Crippen MR) is 163 cm³/mol. The summed E-state index contributed by atoms with van der Waals surface area (Å²) in [5, 5.41) is 2.12. The Hall–Kier alpha value is -4.16. The first-order chi connectivity index (χ1) is 22.2. The highest BCUT2D eigenvalue weighted by Gasteiger charge is 2.26. The molecule has 3 heterocycles. The third-order valence-corrected chi connectivity index (χ3v) is 7.91. The van der Waals surface area contributed by atoms with Crippen molar-refractivity contribution in [3.8, 4) is 11.9 Å². The number of nitrogen functional groups attached to an aromatic ring is 1. The largest absolute Gasteiger partial charge is 0.467 e. The number of rotatable bonds is 13. The molecule has 256 valence electrons. The van der Waals surface area contributed by atoms with Crippen LogP contribution in [0.25, 0.3) is 5.65 Å². The summed E-state index contributed by atoms with van der Waals surface area (Å²) in [4.78, 5) is 22.2. The van der Waals surface area contributed by atoms with Crippen molar-refractivity contribution in [2.45, 2.75) is 57.2 Å². The van der Waals surface area contributed by atoms with Crippen LogP contribution in [0.15, 0.2) is 29.6 Å². The second kappa shape index (κ2) is 16.6. The Morgan fingerprint density at radius 1 is 1.06 bits per heavy atom. The lowest BCUT2D eigenvalue weighted by atomic mass is 10.1. The van der Waals surface area contributed by atoms with Crippen molar-refractivity contribution < 1.29 is 45.0 Å². The van der Waals surface area contributed by atoms with Crippen LogP contribution in [0.1, 0.15) is 46.0 Å². The number of carbonyl (C=O) groups is 1. The summed E-state index contributed by atoms with van der Waals surface area (Å²) in [6.07, 6.45) is 5.76. The number of benzene rings is 1. The maximum Gasteiger partial charge on any atom is 0.344 e. The highest BCUT2D eigenvalue weighted by Crippen LogP contribution is 2.35. The minimum atomic E-state index is -4.58. The van der Waals surface area contributed by atoms with E-state index in [1.165, 1.54) is 7.11 Å². The van der Waals surface area contributed by atoms with Gasteiger partial charge in [-0.3, -0.25) is 4.72 Å². The van der Waals surface area contributed by atoms with E-state index in [0.29, 0.717) is 4.52 Å². The van der Waals surface area contributed by atoms with Gasteiger partial charge in [0, 0.05) is 0 Å². The summed E-state index contributed by atoms with van der Waals surface area (Å²) < 4.78 is 96.1. The van der Waals surface area contributed by atoms with Crippen molar-refractivity contribution in [3.63, 3.8) is 0 Å². The molecule has 0 aliphatic heterocycles. The monoisotopic (exact) mass is 725 g/mol. The zero-order chi connectivity index (χ0) is 34.9. The number of unbranched alkanes of at least 4 members (excludes halogenated alkanes) is 3. The summed E-state index contributed by atoms with van der Waals surface area (Å²) in [6.45, 7) is 3.51. The molecule has 13 nitrogen and oxygen atoms in total. The lowest BCUT2D eigenvalue weighted by Crippen LogP contribution is -2.21. The SMILES string of the molecule is CCCCCCC(C)OC(=O)COc1nc(F)c(Cl)c(N)c1Cl.COc1ncc(F)c2nc(S(=O)(=O)Nc3c(F)cccc3F)nn12. The fourth-order valence-corrected chi connectivity index (χ4v) is 5.07. The molecule has 0 saturated carbocycles. The highest BCUT2D eigenvalue weighted by atomic mass is 35.5. The molecule has 4 aromatic rings. The molecule has 0 spiro atoms. The second-order valence-corrected chi connectivity index (χ2v) is 11.9. The number of sulfonamides is 1. The molecule has 1 atom stereocenters. The van der Waals surface area contributed by atoms with Gasteiger partial charge in [0.1, 0.15) is 27.4 Å². The smallest absolute Gasteiger partial charge is 0.344 e. The fraction of sp³-hybridized carbons (Fsp3) is 0.370. The molecule has 0 aliphatic rings. The van der Waals surface area contributed by atoms with E-state index in [1.807, 2.05) is 6.92 Å². The van der Waals surface area contributed by atoms with Crippen molar-refractivity contribution in [1.82, 2.24) is 24.6 Å². The molecule has 47 heavy (non-hydrogen) atoms. The zero-order valence-electron chi connectivity index (χ0n) is 25.1. The van der Waals surface area contributed by atoms with Crippen LogP contribution in [-0.2, 0) is 19.6 Å². The molecule has 0 bridgehead atoms. The van der Waals surface area contributed by atoms with E-state index in [1.54, 1.807) is 4.72 Å². The van der Waals surface area contributed by atoms with Crippen LogP contribution in [-0.4, -0.2) is 58.8 Å². The van der Waals surface area contributed by atoms with Gasteiger partial charge in [-0.25, -0.2) is 22.9 Å². The summed E-state index contributed by atoms with van der Waals surface area (Å²) in [5.41, 5.74) is 3.95. The van der Waals surface area contributed by atoms with Gasteiger partial charge in [0.15, 0.2) is 18.1 Å². The van der Waals surface area contributed by atoms with E-state index in [9.17, 15) is 30.8 Å². The number of anilines is 2. The molecule has 0 amide bonds. The molecule has 3 N–H and O–H groups in total. The van der Waals surface area contributed by atoms with Crippen LogP contribution in [0.3, 0.4) is 0 Å². The number of hydrogen-bond acceptors (Lipinski definition) is 11. The van der Waals surface area contributed by atoms with E-state index >= 15 is 0 Å². The molecular formula is C27H29Cl2F4N7O6S. The second-order valence-electron chi connectivity index (χ2n) is 9.61. The Balaban J connectivity index is 0.000000256. The van der Waals surface area contributed by atoms with Crippen LogP contribution >= 0.6 is 23.2 Å². The van der Waals surface area contributed by atoms with E-state index in [2.05, 4.69) is 27.0 Å². The molecule has 0 fully saturated rings. The molecule has 4 rings (SSSR count). The minimum absolute atomic E-state index is 0.142. The van der Waals surface area contributed by atoms with Gasteiger partial charge >= 0.3 is 12.0 Å². The van der Waals surface area contributed by atoms with Crippen molar-refractivity contribution in [3.05, 3.63) is 57.8 Å². The number of esters is 1. The summed E-state index contributed by atoms with van der Waals surface area (Å²) in [7, 11) is -3.37. The molecule has 20 heteroatoms. The van der Waals surface area contributed by atoms with Crippen LogP contribution in [0.4, 0.5) is 28.9 Å². The average Bonchev–Trinajstić information content (AvgIpc) is 3.50. The first-order valence-electron chi connectivity index (χ1n) is 13.7. The number of nitrogens with two attached hydrogens (primary N) is 1. The van der Waals surface area contributed by atoms with Crippen molar-refractivity contribution in [2.75, 3.05) is 24.2 Å². The van der Waals surface area contributed by atoms with E-state index in [-0.39, 0.29) is 33.7 Å². The van der Waals surface area contributed by atoms with Gasteiger partial charge in [0.05, 0.1) is 25.1 Å². The van der Waals surface area contributed by atoms with Gasteiger partial charge < -0.3 is 19.9 Å². The number of para-hydroxylation sites is 1. The number of fused-ring (bicyclic) bond motifs is 1. The standard InChI is InChI=1S/C15H21Cl2FN2O3.C12H8F3N5O3S/c1-3-4-5-6-7-9(2)23-10(21)8-22-15-12(17)13(19)11(16)14(18)20-15;1-23-12-16-5-8(15)10-17-11(18-20(10)12)24(21,22)19-9-6(13)3-2-4-7(9)14/h9H,3-8H2,1-2H3,(H2,19,20);2-5,19H,1H3. The van der Waals surface area contributed by atoms with Gasteiger partial charge in [0.25, 0.3) is 15.2 Å². The Morgan fingerprint density at radius 3 is 2.38 bits per heavy atom. The third-order valence-electron chi connectivity index (χ3n) is 6.06. The van der Waals surface area contributed by atoms with Crippen molar-refractivity contribution >= 4 is 56.2 Å². The quantitative estimate of drug-likeness (QED) is 0.0745. The van der Waals surface area contributed by atoms with Crippen molar-refractivity contribution in [2.24, 2.45) is 0 Å². The number of ether oxygens (including phenoxy) is 3. The summed E-state index contributed by atoms with van der Waals surface area (Å²) in [5.74, 6) is -5.11. The molecule has 3 aromatic heterocycles. The number of hydrogen-bond donors (Lipinski definition) is 2. The molecular weight excluding hydrogens is 697 g/mol. The molecule has 0 radical (unpaired) electrons. The Morgan fingerprint density at radius 2 is 1.74 bits per heavy atom. The van der Waals surface area contributed by atoms with Crippen LogP contribution in [0, 0.1) is 23.4 Å². The Labute approximate surface area is 276 Å². The number of pyridine rings is 1. The summed E-state index contributed by atoms with van der Waals surface area (Å²) >= 11 is 11.4. The Kier molecular flexibility index (Phi) is 13.2. The zero-order valence-corrected chi connectivity index (χ0v) is 27.4. The third kappa shape index (κ3) is 9.68. The lowest BCUT2D eigenvalue weighted by Gasteiger charge is -2.14. The van der Waals surface area contributed by atoms with E-state index in [4.69, 9.17) is 43.1 Å². The number of nitrogens with zero attached hydrogens (tertiary/aromatic N) is 5. The average molecular weight is 727 g/mol. The fourth-order valence-electron chi connectivity index (χ4n) is 3.74. The number of carbonyl (C=O) groups excluding carboxylic acids is 1. The molecule has 1 aromatic carbocycles.